The highest BCUT2D eigenvalue weighted by Crippen LogP contribution is 2.33. The van der Waals surface area contributed by atoms with Gasteiger partial charge < -0.3 is 24.8 Å². The van der Waals surface area contributed by atoms with E-state index in [2.05, 4.69) is 24.5 Å². The number of carbonyl (C=O) groups excluding carboxylic acids is 1. The van der Waals surface area contributed by atoms with E-state index in [0.29, 0.717) is 36.1 Å². The Bertz CT molecular complexity index is 775. The summed E-state index contributed by atoms with van der Waals surface area (Å²) in [6, 6.07) is 12.9. The van der Waals surface area contributed by atoms with Gasteiger partial charge in [0.15, 0.2) is 11.5 Å². The molecule has 0 atom stereocenters. The molecular formula is C21H28N2O4. The van der Waals surface area contributed by atoms with Crippen molar-refractivity contribution in [1.29, 1.82) is 0 Å². The van der Waals surface area contributed by atoms with Gasteiger partial charge in [-0.2, -0.15) is 0 Å². The molecule has 2 aromatic carbocycles. The van der Waals surface area contributed by atoms with Crippen LogP contribution in [0.1, 0.15) is 26.3 Å². The first-order valence-corrected chi connectivity index (χ1v) is 8.90. The van der Waals surface area contributed by atoms with Crippen LogP contribution in [0.25, 0.3) is 0 Å². The van der Waals surface area contributed by atoms with Crippen molar-refractivity contribution < 1.29 is 19.0 Å². The second-order valence-corrected chi connectivity index (χ2v) is 6.69. The molecule has 0 fully saturated rings. The Labute approximate surface area is 160 Å². The number of benzene rings is 2. The zero-order chi connectivity index (χ0) is 19.9. The predicted molar refractivity (Wildman–Crippen MR) is 107 cm³/mol. The Morgan fingerprint density at radius 1 is 1.00 bits per heavy atom. The highest BCUT2D eigenvalue weighted by Gasteiger charge is 2.23. The molecule has 6 heteroatoms. The molecule has 6 nitrogen and oxygen atoms in total. The lowest BCUT2D eigenvalue weighted by Gasteiger charge is -2.26. The van der Waals surface area contributed by atoms with Gasteiger partial charge in [-0.3, -0.25) is 0 Å². The smallest absolute Gasteiger partial charge is 0.319 e. The SMILES string of the molecule is CCOc1ccccc1NC(=O)NCC(C)(C)c1ccc(OC)c(OC)c1. The monoisotopic (exact) mass is 372 g/mol. The molecule has 146 valence electrons. The van der Waals surface area contributed by atoms with Crippen LogP contribution in [0.5, 0.6) is 17.2 Å². The van der Waals surface area contributed by atoms with Crippen LogP contribution in [0.4, 0.5) is 10.5 Å². The quantitative estimate of drug-likeness (QED) is 0.729. The third-order valence-electron chi connectivity index (χ3n) is 4.29. The van der Waals surface area contributed by atoms with Crippen molar-refractivity contribution >= 4 is 11.7 Å². The lowest BCUT2D eigenvalue weighted by Crippen LogP contribution is -2.39. The molecule has 0 saturated heterocycles. The van der Waals surface area contributed by atoms with E-state index in [4.69, 9.17) is 14.2 Å². The second kappa shape index (κ2) is 9.16. The minimum atomic E-state index is -0.295. The standard InChI is InChI=1S/C21H28N2O4/c1-6-27-17-10-8-7-9-16(17)23-20(24)22-14-21(2,3)15-11-12-18(25-4)19(13-15)26-5/h7-13H,6,14H2,1-5H3,(H2,22,23,24). The van der Waals surface area contributed by atoms with E-state index >= 15 is 0 Å². The normalized spacial score (nSPS) is 10.9. The van der Waals surface area contributed by atoms with E-state index in [1.165, 1.54) is 0 Å². The summed E-state index contributed by atoms with van der Waals surface area (Å²) in [5, 5.41) is 5.77. The van der Waals surface area contributed by atoms with Crippen LogP contribution >= 0.6 is 0 Å². The number of hydrogen-bond donors (Lipinski definition) is 2. The van der Waals surface area contributed by atoms with Crippen molar-refractivity contribution in [2.24, 2.45) is 0 Å². The van der Waals surface area contributed by atoms with Gasteiger partial charge in [0, 0.05) is 12.0 Å². The highest BCUT2D eigenvalue weighted by atomic mass is 16.5. The molecule has 0 radical (unpaired) electrons. The number of methoxy groups -OCH3 is 2. The number of rotatable bonds is 8. The fourth-order valence-corrected chi connectivity index (χ4v) is 2.68. The number of carbonyl (C=O) groups is 1. The summed E-state index contributed by atoms with van der Waals surface area (Å²) in [4.78, 5) is 12.3. The molecule has 0 saturated carbocycles. The Kier molecular flexibility index (Phi) is 6.93. The molecule has 0 spiro atoms. The summed E-state index contributed by atoms with van der Waals surface area (Å²) in [5.74, 6) is 1.99. The summed E-state index contributed by atoms with van der Waals surface area (Å²) < 4.78 is 16.2. The molecule has 0 aliphatic heterocycles. The summed E-state index contributed by atoms with van der Waals surface area (Å²) in [5.41, 5.74) is 1.38. The van der Waals surface area contributed by atoms with E-state index in [-0.39, 0.29) is 11.4 Å². The number of urea groups is 1. The lowest BCUT2D eigenvalue weighted by molar-refractivity contribution is 0.249. The predicted octanol–water partition coefficient (Wildman–Crippen LogP) is 4.20. The Morgan fingerprint density at radius 2 is 1.70 bits per heavy atom. The second-order valence-electron chi connectivity index (χ2n) is 6.69. The van der Waals surface area contributed by atoms with Gasteiger partial charge in [-0.05, 0) is 36.8 Å². The highest BCUT2D eigenvalue weighted by molar-refractivity contribution is 5.90. The van der Waals surface area contributed by atoms with Gasteiger partial charge >= 0.3 is 6.03 Å². The van der Waals surface area contributed by atoms with Gasteiger partial charge in [-0.15, -0.1) is 0 Å². The van der Waals surface area contributed by atoms with Gasteiger partial charge in [0.05, 0.1) is 26.5 Å². The molecular weight excluding hydrogens is 344 g/mol. The number of amides is 2. The minimum absolute atomic E-state index is 0.282. The van der Waals surface area contributed by atoms with Crippen molar-refractivity contribution in [3.8, 4) is 17.2 Å². The molecule has 2 amide bonds. The zero-order valence-electron chi connectivity index (χ0n) is 16.6. The average molecular weight is 372 g/mol. The lowest BCUT2D eigenvalue weighted by atomic mass is 9.84. The van der Waals surface area contributed by atoms with Crippen LogP contribution < -0.4 is 24.8 Å². The maximum atomic E-state index is 12.3. The van der Waals surface area contributed by atoms with Gasteiger partial charge in [0.1, 0.15) is 5.75 Å². The zero-order valence-corrected chi connectivity index (χ0v) is 16.6. The van der Waals surface area contributed by atoms with E-state index in [1.807, 2.05) is 49.4 Å². The van der Waals surface area contributed by atoms with E-state index in [1.54, 1.807) is 14.2 Å². The van der Waals surface area contributed by atoms with Crippen molar-refractivity contribution in [1.82, 2.24) is 5.32 Å². The van der Waals surface area contributed by atoms with Gasteiger partial charge in [0.2, 0.25) is 0 Å². The molecule has 0 heterocycles. The number of anilines is 1. The van der Waals surface area contributed by atoms with Gasteiger partial charge in [-0.1, -0.05) is 32.0 Å². The molecule has 0 bridgehead atoms. The molecule has 0 aliphatic rings. The molecule has 2 rings (SSSR count). The van der Waals surface area contributed by atoms with Gasteiger partial charge in [0.25, 0.3) is 0 Å². The number of nitrogens with one attached hydrogen (secondary N) is 2. The number of ether oxygens (including phenoxy) is 3. The Hall–Kier alpha value is -2.89. The molecule has 2 N–H and O–H groups in total. The maximum absolute atomic E-state index is 12.3. The first-order chi connectivity index (χ1) is 12.9. The van der Waals surface area contributed by atoms with Crippen molar-refractivity contribution in [3.63, 3.8) is 0 Å². The molecule has 0 aromatic heterocycles. The third-order valence-corrected chi connectivity index (χ3v) is 4.29. The van der Waals surface area contributed by atoms with Crippen LogP contribution in [-0.2, 0) is 5.41 Å². The van der Waals surface area contributed by atoms with Gasteiger partial charge in [-0.25, -0.2) is 4.79 Å². The van der Waals surface area contributed by atoms with E-state index < -0.39 is 0 Å². The first kappa shape index (κ1) is 20.4. The number of para-hydroxylation sites is 2. The molecule has 0 aliphatic carbocycles. The van der Waals surface area contributed by atoms with Crippen LogP contribution in [-0.4, -0.2) is 33.4 Å². The fraction of sp³-hybridized carbons (Fsp3) is 0.381. The Morgan fingerprint density at radius 3 is 2.37 bits per heavy atom. The average Bonchev–Trinajstić information content (AvgIpc) is 2.67. The van der Waals surface area contributed by atoms with Crippen LogP contribution in [0, 0.1) is 0 Å². The maximum Gasteiger partial charge on any atom is 0.319 e. The van der Waals surface area contributed by atoms with Crippen LogP contribution in [0.3, 0.4) is 0 Å². The first-order valence-electron chi connectivity index (χ1n) is 8.90. The minimum Gasteiger partial charge on any atom is -0.493 e. The van der Waals surface area contributed by atoms with E-state index in [9.17, 15) is 4.79 Å². The Balaban J connectivity index is 2.03. The van der Waals surface area contributed by atoms with Crippen LogP contribution in [0.2, 0.25) is 0 Å². The van der Waals surface area contributed by atoms with E-state index in [0.717, 1.165) is 5.56 Å². The topological polar surface area (TPSA) is 68.8 Å². The summed E-state index contributed by atoms with van der Waals surface area (Å²) in [6.07, 6.45) is 0. The summed E-state index contributed by atoms with van der Waals surface area (Å²) >= 11 is 0. The molecule has 2 aromatic rings. The largest absolute Gasteiger partial charge is 0.493 e. The fourth-order valence-electron chi connectivity index (χ4n) is 2.68. The molecule has 0 unspecified atom stereocenters. The van der Waals surface area contributed by atoms with Crippen molar-refractivity contribution in [2.75, 3.05) is 32.7 Å². The van der Waals surface area contributed by atoms with Crippen LogP contribution in [0.15, 0.2) is 42.5 Å². The molecule has 27 heavy (non-hydrogen) atoms. The third kappa shape index (κ3) is 5.29. The summed E-state index contributed by atoms with van der Waals surface area (Å²) in [6.45, 7) is 7.01. The summed E-state index contributed by atoms with van der Waals surface area (Å²) in [7, 11) is 3.21. The van der Waals surface area contributed by atoms with Crippen molar-refractivity contribution in [3.05, 3.63) is 48.0 Å². The van der Waals surface area contributed by atoms with Crippen molar-refractivity contribution in [2.45, 2.75) is 26.2 Å². The number of hydrogen-bond acceptors (Lipinski definition) is 4.